The van der Waals surface area contributed by atoms with Crippen LogP contribution in [-0.4, -0.2) is 9.55 Å². The van der Waals surface area contributed by atoms with Gasteiger partial charge in [-0.2, -0.15) is 0 Å². The van der Waals surface area contributed by atoms with Crippen LogP contribution in [0.1, 0.15) is 0 Å². The van der Waals surface area contributed by atoms with E-state index in [9.17, 15) is 0 Å². The maximum Gasteiger partial charge on any atom is 0.0950 e. The number of hydrogen-bond acceptors (Lipinski definition) is 2. The highest BCUT2D eigenvalue weighted by molar-refractivity contribution is 9.10. The van der Waals surface area contributed by atoms with Gasteiger partial charge < -0.3 is 10.3 Å². The Labute approximate surface area is 187 Å². The van der Waals surface area contributed by atoms with Crippen LogP contribution in [-0.2, 0) is 0 Å². The van der Waals surface area contributed by atoms with Crippen molar-refractivity contribution in [2.24, 2.45) is 0 Å². The summed E-state index contributed by atoms with van der Waals surface area (Å²) in [5.41, 5.74) is 13.2. The lowest BCUT2D eigenvalue weighted by Crippen LogP contribution is -1.95. The fraction of sp³-hybridized carbons (Fsp3) is 0. The van der Waals surface area contributed by atoms with Crippen molar-refractivity contribution in [2.75, 3.05) is 5.73 Å². The highest BCUT2D eigenvalue weighted by Gasteiger charge is 2.12. The Morgan fingerprint density at radius 3 is 1.97 bits per heavy atom. The fourth-order valence-corrected chi connectivity index (χ4v) is 4.80. The number of pyridine rings is 1. The van der Waals surface area contributed by atoms with E-state index in [-0.39, 0.29) is 0 Å². The van der Waals surface area contributed by atoms with Gasteiger partial charge in [-0.05, 0) is 48.5 Å². The van der Waals surface area contributed by atoms with Gasteiger partial charge in [0, 0.05) is 31.9 Å². The van der Waals surface area contributed by atoms with E-state index in [2.05, 4.69) is 99.4 Å². The minimum absolute atomic E-state index is 0.682. The molecule has 0 aliphatic heterocycles. The molecule has 0 amide bonds. The molecule has 148 valence electrons. The molecule has 0 fully saturated rings. The molecule has 0 saturated carbocycles. The van der Waals surface area contributed by atoms with Crippen molar-refractivity contribution >= 4 is 54.3 Å². The number of anilines is 1. The minimum Gasteiger partial charge on any atom is -0.397 e. The van der Waals surface area contributed by atoms with E-state index in [0.29, 0.717) is 5.69 Å². The topological polar surface area (TPSA) is 43.8 Å². The van der Waals surface area contributed by atoms with Crippen LogP contribution in [0.15, 0.2) is 102 Å². The van der Waals surface area contributed by atoms with Crippen LogP contribution in [0.4, 0.5) is 5.69 Å². The Morgan fingerprint density at radius 2 is 1.29 bits per heavy atom. The van der Waals surface area contributed by atoms with Gasteiger partial charge in [-0.25, -0.2) is 4.98 Å². The molecule has 0 atom stereocenters. The third kappa shape index (κ3) is 2.83. The molecule has 3 nitrogen and oxygen atoms in total. The highest BCUT2D eigenvalue weighted by atomic mass is 79.9. The largest absolute Gasteiger partial charge is 0.397 e. The standard InChI is InChI=1S/C27H18BrN3/c28-22-14-15-23(29)27-21(22)13-16-24(30-27)17-9-11-18(12-10-17)31-25-7-3-1-5-19(25)20-6-2-4-8-26(20)31/h1-16H,29H2. The number of nitrogen functional groups attached to an aromatic ring is 1. The first-order valence-electron chi connectivity index (χ1n) is 10.1. The van der Waals surface area contributed by atoms with Gasteiger partial charge in [-0.3, -0.25) is 0 Å². The summed E-state index contributed by atoms with van der Waals surface area (Å²) < 4.78 is 3.31. The number of aromatic nitrogens is 2. The molecule has 0 aliphatic rings. The van der Waals surface area contributed by atoms with Crippen molar-refractivity contribution in [3.05, 3.63) is 102 Å². The first-order valence-corrected chi connectivity index (χ1v) is 10.9. The third-order valence-electron chi connectivity index (χ3n) is 5.84. The van der Waals surface area contributed by atoms with Gasteiger partial charge in [0.15, 0.2) is 0 Å². The molecule has 2 aromatic heterocycles. The normalized spacial score (nSPS) is 11.5. The van der Waals surface area contributed by atoms with Gasteiger partial charge in [0.25, 0.3) is 0 Å². The maximum atomic E-state index is 6.18. The molecule has 31 heavy (non-hydrogen) atoms. The summed E-state index contributed by atoms with van der Waals surface area (Å²) in [4.78, 5) is 4.84. The van der Waals surface area contributed by atoms with Crippen molar-refractivity contribution < 1.29 is 0 Å². The average molecular weight is 464 g/mol. The molecule has 0 bridgehead atoms. The van der Waals surface area contributed by atoms with Crippen LogP contribution < -0.4 is 5.73 Å². The Kier molecular flexibility index (Phi) is 4.08. The number of nitrogens with two attached hydrogens (primary N) is 1. The first kappa shape index (κ1) is 18.2. The molecular weight excluding hydrogens is 446 g/mol. The molecule has 0 spiro atoms. The van der Waals surface area contributed by atoms with E-state index in [1.54, 1.807) is 0 Å². The van der Waals surface area contributed by atoms with Crippen LogP contribution in [0.3, 0.4) is 0 Å². The van der Waals surface area contributed by atoms with Crippen LogP contribution in [0.2, 0.25) is 0 Å². The zero-order chi connectivity index (χ0) is 20.9. The number of rotatable bonds is 2. The Hall–Kier alpha value is -3.63. The molecule has 6 rings (SSSR count). The summed E-state index contributed by atoms with van der Waals surface area (Å²) in [6, 6.07) is 33.6. The number of halogens is 1. The Bertz CT molecular complexity index is 1540. The van der Waals surface area contributed by atoms with Gasteiger partial charge in [0.2, 0.25) is 0 Å². The van der Waals surface area contributed by atoms with Gasteiger partial charge >= 0.3 is 0 Å². The number of fused-ring (bicyclic) bond motifs is 4. The molecular formula is C27H18BrN3. The molecule has 4 heteroatoms. The number of para-hydroxylation sites is 2. The summed E-state index contributed by atoms with van der Waals surface area (Å²) in [5.74, 6) is 0. The van der Waals surface area contributed by atoms with Crippen molar-refractivity contribution in [1.29, 1.82) is 0 Å². The lowest BCUT2D eigenvalue weighted by atomic mass is 10.1. The van der Waals surface area contributed by atoms with Gasteiger partial charge in [0.1, 0.15) is 0 Å². The fourth-order valence-electron chi connectivity index (χ4n) is 4.35. The van der Waals surface area contributed by atoms with Crippen molar-refractivity contribution in [2.45, 2.75) is 0 Å². The number of hydrogen-bond donors (Lipinski definition) is 1. The van der Waals surface area contributed by atoms with Crippen LogP contribution in [0.25, 0.3) is 49.7 Å². The van der Waals surface area contributed by atoms with Crippen molar-refractivity contribution in [3.8, 4) is 16.9 Å². The zero-order valence-electron chi connectivity index (χ0n) is 16.6. The van der Waals surface area contributed by atoms with Crippen LogP contribution >= 0.6 is 15.9 Å². The summed E-state index contributed by atoms with van der Waals surface area (Å²) in [6.07, 6.45) is 0. The van der Waals surface area contributed by atoms with Crippen LogP contribution in [0.5, 0.6) is 0 Å². The van der Waals surface area contributed by atoms with E-state index >= 15 is 0 Å². The SMILES string of the molecule is Nc1ccc(Br)c2ccc(-c3ccc(-n4c5ccccc5c5ccccc54)cc3)nc12. The molecule has 0 radical (unpaired) electrons. The average Bonchev–Trinajstić information content (AvgIpc) is 3.16. The van der Waals surface area contributed by atoms with Crippen LogP contribution in [0, 0.1) is 0 Å². The van der Waals surface area contributed by atoms with Gasteiger partial charge in [-0.15, -0.1) is 0 Å². The summed E-state index contributed by atoms with van der Waals surface area (Å²) in [5, 5.41) is 3.55. The quantitative estimate of drug-likeness (QED) is 0.273. The molecule has 0 aliphatic carbocycles. The highest BCUT2D eigenvalue weighted by Crippen LogP contribution is 2.33. The molecule has 6 aromatic rings. The minimum atomic E-state index is 0.682. The second-order valence-corrected chi connectivity index (χ2v) is 8.50. The molecule has 0 unspecified atom stereocenters. The lowest BCUT2D eigenvalue weighted by Gasteiger charge is -2.10. The van der Waals surface area contributed by atoms with E-state index in [4.69, 9.17) is 10.7 Å². The van der Waals surface area contributed by atoms with E-state index in [1.165, 1.54) is 21.8 Å². The molecule has 4 aromatic carbocycles. The summed E-state index contributed by atoms with van der Waals surface area (Å²) >= 11 is 3.58. The van der Waals surface area contributed by atoms with E-state index in [1.807, 2.05) is 18.2 Å². The summed E-state index contributed by atoms with van der Waals surface area (Å²) in [7, 11) is 0. The predicted molar refractivity (Wildman–Crippen MR) is 134 cm³/mol. The Balaban J connectivity index is 1.50. The Morgan fingerprint density at radius 1 is 0.645 bits per heavy atom. The lowest BCUT2D eigenvalue weighted by molar-refractivity contribution is 1.18. The van der Waals surface area contributed by atoms with E-state index < -0.39 is 0 Å². The van der Waals surface area contributed by atoms with Gasteiger partial charge in [-0.1, -0.05) is 64.5 Å². The molecule has 0 saturated heterocycles. The second-order valence-electron chi connectivity index (χ2n) is 7.65. The summed E-state index contributed by atoms with van der Waals surface area (Å²) in [6.45, 7) is 0. The maximum absolute atomic E-state index is 6.18. The smallest absolute Gasteiger partial charge is 0.0950 e. The number of benzene rings is 4. The van der Waals surface area contributed by atoms with Crippen molar-refractivity contribution in [3.63, 3.8) is 0 Å². The molecule has 2 heterocycles. The van der Waals surface area contributed by atoms with E-state index in [0.717, 1.165) is 32.3 Å². The predicted octanol–water partition coefficient (Wildman–Crippen LogP) is 7.34. The van der Waals surface area contributed by atoms with Crippen molar-refractivity contribution in [1.82, 2.24) is 9.55 Å². The third-order valence-corrected chi connectivity index (χ3v) is 6.53. The van der Waals surface area contributed by atoms with Gasteiger partial charge in [0.05, 0.1) is 27.9 Å². The first-order chi connectivity index (χ1) is 15.2. The number of nitrogens with zero attached hydrogens (tertiary/aromatic N) is 2. The molecule has 2 N–H and O–H groups in total. The second kappa shape index (κ2) is 6.96. The zero-order valence-corrected chi connectivity index (χ0v) is 18.2. The monoisotopic (exact) mass is 463 g/mol.